The predicted octanol–water partition coefficient (Wildman–Crippen LogP) is 3.48. The van der Waals surface area contributed by atoms with Crippen LogP contribution in [0.4, 0.5) is 0 Å². The second kappa shape index (κ2) is 14.8. The molecule has 3 N–H and O–H groups in total. The highest BCUT2D eigenvalue weighted by Gasteiger charge is 2.31. The highest BCUT2D eigenvalue weighted by molar-refractivity contribution is 14.0. The lowest BCUT2D eigenvalue weighted by Gasteiger charge is -2.26. The molecular weight excluding hydrogens is 531 g/mol. The van der Waals surface area contributed by atoms with E-state index in [9.17, 15) is 9.90 Å². The average Bonchev–Trinajstić information content (AvgIpc) is 3.30. The minimum Gasteiger partial charge on any atom is -0.389 e. The van der Waals surface area contributed by atoms with E-state index in [0.717, 1.165) is 44.5 Å². The SMILES string of the molecule is CCNC(=NCC(O)COC(C)c1ccccc1)NC1CCN(C(=O)C2CCCCC2)C1.I. The van der Waals surface area contributed by atoms with Gasteiger partial charge in [0.25, 0.3) is 0 Å². The standard InChI is InChI=1S/C25H40N4O3.HI/c1-3-26-25(27-16-23(30)18-32-19(2)20-10-6-4-7-11-20)28-22-14-15-29(17-22)24(31)21-12-8-5-9-13-21;/h4,6-7,10-11,19,21-23,30H,3,5,8-9,12-18H2,1-2H3,(H2,26,27,28);1H. The number of rotatable bonds is 9. The number of carbonyl (C=O) groups is 1. The number of hydrogen-bond acceptors (Lipinski definition) is 4. The van der Waals surface area contributed by atoms with Gasteiger partial charge >= 0.3 is 0 Å². The first-order chi connectivity index (χ1) is 15.6. The fourth-order valence-electron chi connectivity index (χ4n) is 4.52. The van der Waals surface area contributed by atoms with Gasteiger partial charge in [-0.1, -0.05) is 49.6 Å². The molecule has 1 aromatic rings. The van der Waals surface area contributed by atoms with E-state index in [1.165, 1.54) is 19.3 Å². The summed E-state index contributed by atoms with van der Waals surface area (Å²) in [6, 6.07) is 10.2. The molecule has 33 heavy (non-hydrogen) atoms. The van der Waals surface area contributed by atoms with Crippen LogP contribution in [0.3, 0.4) is 0 Å². The third kappa shape index (κ3) is 9.05. The van der Waals surface area contributed by atoms with Gasteiger partial charge in [0.15, 0.2) is 5.96 Å². The predicted molar refractivity (Wildman–Crippen MR) is 143 cm³/mol. The van der Waals surface area contributed by atoms with Crippen molar-refractivity contribution in [2.45, 2.75) is 70.6 Å². The highest BCUT2D eigenvalue weighted by Crippen LogP contribution is 2.26. The van der Waals surface area contributed by atoms with Crippen molar-refractivity contribution < 1.29 is 14.6 Å². The van der Waals surface area contributed by atoms with Crippen molar-refractivity contribution in [3.63, 3.8) is 0 Å². The summed E-state index contributed by atoms with van der Waals surface area (Å²) in [7, 11) is 0. The molecule has 3 rings (SSSR count). The summed E-state index contributed by atoms with van der Waals surface area (Å²) in [4.78, 5) is 19.4. The fraction of sp³-hybridized carbons (Fsp3) is 0.680. The van der Waals surface area contributed by atoms with Gasteiger partial charge in [0.05, 0.1) is 25.4 Å². The second-order valence-electron chi connectivity index (χ2n) is 9.01. The third-order valence-electron chi connectivity index (χ3n) is 6.41. The van der Waals surface area contributed by atoms with E-state index in [1.54, 1.807) is 0 Å². The molecule has 186 valence electrons. The van der Waals surface area contributed by atoms with Crippen LogP contribution >= 0.6 is 24.0 Å². The van der Waals surface area contributed by atoms with Crippen molar-refractivity contribution in [1.82, 2.24) is 15.5 Å². The van der Waals surface area contributed by atoms with Crippen molar-refractivity contribution in [3.8, 4) is 0 Å². The van der Waals surface area contributed by atoms with E-state index < -0.39 is 6.10 Å². The molecule has 3 unspecified atom stereocenters. The summed E-state index contributed by atoms with van der Waals surface area (Å²) < 4.78 is 5.81. The number of nitrogens with zero attached hydrogens (tertiary/aromatic N) is 2. The molecule has 0 radical (unpaired) electrons. The number of guanidine groups is 1. The minimum atomic E-state index is -0.676. The lowest BCUT2D eigenvalue weighted by atomic mass is 9.88. The van der Waals surface area contributed by atoms with Gasteiger partial charge in [-0.2, -0.15) is 0 Å². The zero-order valence-corrected chi connectivity index (χ0v) is 22.4. The van der Waals surface area contributed by atoms with Crippen molar-refractivity contribution in [2.75, 3.05) is 32.8 Å². The van der Waals surface area contributed by atoms with Gasteiger partial charge in [-0.3, -0.25) is 9.79 Å². The van der Waals surface area contributed by atoms with Crippen LogP contribution in [0, 0.1) is 5.92 Å². The van der Waals surface area contributed by atoms with E-state index in [1.807, 2.05) is 49.1 Å². The van der Waals surface area contributed by atoms with E-state index >= 15 is 0 Å². The van der Waals surface area contributed by atoms with Gasteiger partial charge < -0.3 is 25.4 Å². The van der Waals surface area contributed by atoms with E-state index in [-0.39, 0.29) is 55.2 Å². The van der Waals surface area contributed by atoms with Crippen LogP contribution in [0.5, 0.6) is 0 Å². The largest absolute Gasteiger partial charge is 0.389 e. The van der Waals surface area contributed by atoms with Crippen LogP contribution in [0.25, 0.3) is 0 Å². The summed E-state index contributed by atoms with van der Waals surface area (Å²) in [5, 5.41) is 17.0. The van der Waals surface area contributed by atoms with Crippen molar-refractivity contribution in [1.29, 1.82) is 0 Å². The smallest absolute Gasteiger partial charge is 0.225 e. The molecule has 8 heteroatoms. The number of hydrogen-bond donors (Lipinski definition) is 3. The average molecular weight is 573 g/mol. The van der Waals surface area contributed by atoms with Crippen LogP contribution < -0.4 is 10.6 Å². The maximum atomic E-state index is 12.8. The molecule has 7 nitrogen and oxygen atoms in total. The number of carbonyl (C=O) groups excluding carboxylic acids is 1. The van der Waals surface area contributed by atoms with Gasteiger partial charge in [-0.05, 0) is 38.7 Å². The summed E-state index contributed by atoms with van der Waals surface area (Å²) in [5.41, 5.74) is 1.09. The van der Waals surface area contributed by atoms with Crippen LogP contribution in [0.2, 0.25) is 0 Å². The molecule has 1 amide bonds. The molecular formula is C25H41IN4O3. The Kier molecular flexibility index (Phi) is 12.5. The number of nitrogens with one attached hydrogen (secondary N) is 2. The molecule has 3 atom stereocenters. The lowest BCUT2D eigenvalue weighted by Crippen LogP contribution is -2.46. The van der Waals surface area contributed by atoms with Crippen LogP contribution in [-0.2, 0) is 9.53 Å². The Labute approximate surface area is 215 Å². The number of aliphatic imine (C=N–C) groups is 1. The Morgan fingerprint density at radius 3 is 2.64 bits per heavy atom. The molecule has 0 aromatic heterocycles. The highest BCUT2D eigenvalue weighted by atomic mass is 127. The van der Waals surface area contributed by atoms with Crippen molar-refractivity contribution in [2.24, 2.45) is 10.9 Å². The first-order valence-electron chi connectivity index (χ1n) is 12.2. The first-order valence-corrected chi connectivity index (χ1v) is 12.2. The fourth-order valence-corrected chi connectivity index (χ4v) is 4.52. The number of ether oxygens (including phenoxy) is 1. The van der Waals surface area contributed by atoms with Gasteiger partial charge in [-0.15, -0.1) is 24.0 Å². The van der Waals surface area contributed by atoms with Crippen molar-refractivity contribution in [3.05, 3.63) is 35.9 Å². The van der Waals surface area contributed by atoms with Gasteiger partial charge in [0.1, 0.15) is 0 Å². The van der Waals surface area contributed by atoms with Crippen LogP contribution in [0.15, 0.2) is 35.3 Å². The Morgan fingerprint density at radius 1 is 1.21 bits per heavy atom. The van der Waals surface area contributed by atoms with Crippen LogP contribution in [0.1, 0.15) is 64.0 Å². The minimum absolute atomic E-state index is 0. The maximum Gasteiger partial charge on any atom is 0.225 e. The first kappa shape index (κ1) is 27.9. The lowest BCUT2D eigenvalue weighted by molar-refractivity contribution is -0.135. The molecule has 1 aliphatic heterocycles. The monoisotopic (exact) mass is 572 g/mol. The second-order valence-corrected chi connectivity index (χ2v) is 9.01. The molecule has 1 saturated carbocycles. The van der Waals surface area contributed by atoms with Crippen LogP contribution in [-0.4, -0.2) is 66.8 Å². The van der Waals surface area contributed by atoms with Gasteiger partial charge in [-0.25, -0.2) is 0 Å². The topological polar surface area (TPSA) is 86.2 Å². The number of aliphatic hydroxyl groups is 1. The van der Waals surface area contributed by atoms with Crippen molar-refractivity contribution >= 4 is 35.8 Å². The number of benzene rings is 1. The van der Waals surface area contributed by atoms with E-state index in [2.05, 4.69) is 15.6 Å². The molecule has 1 saturated heterocycles. The molecule has 1 aromatic carbocycles. The molecule has 2 fully saturated rings. The zero-order valence-electron chi connectivity index (χ0n) is 20.0. The number of likely N-dealkylation sites (tertiary alicyclic amines) is 1. The quantitative estimate of drug-likeness (QED) is 0.240. The van der Waals surface area contributed by atoms with E-state index in [0.29, 0.717) is 11.9 Å². The number of halogens is 1. The third-order valence-corrected chi connectivity index (χ3v) is 6.41. The number of aliphatic hydroxyl groups excluding tert-OH is 1. The maximum absolute atomic E-state index is 12.8. The Hall–Kier alpha value is -1.39. The zero-order chi connectivity index (χ0) is 22.8. The Morgan fingerprint density at radius 2 is 1.94 bits per heavy atom. The Balaban J connectivity index is 0.00000385. The summed E-state index contributed by atoms with van der Waals surface area (Å²) in [5.74, 6) is 1.23. The van der Waals surface area contributed by atoms with Gasteiger partial charge in [0, 0.05) is 31.6 Å². The normalized spacial score (nSPS) is 21.2. The summed E-state index contributed by atoms with van der Waals surface area (Å²) in [6.07, 6.45) is 5.87. The van der Waals surface area contributed by atoms with Gasteiger partial charge in [0.2, 0.25) is 5.91 Å². The molecule has 1 heterocycles. The molecule has 2 aliphatic rings. The Bertz CT molecular complexity index is 728. The molecule has 0 spiro atoms. The number of amides is 1. The summed E-state index contributed by atoms with van der Waals surface area (Å²) in [6.45, 7) is 6.75. The van der Waals surface area contributed by atoms with E-state index in [4.69, 9.17) is 4.74 Å². The molecule has 0 bridgehead atoms. The molecule has 1 aliphatic carbocycles. The summed E-state index contributed by atoms with van der Waals surface area (Å²) >= 11 is 0.